The van der Waals surface area contributed by atoms with Crippen molar-refractivity contribution in [1.82, 2.24) is 0 Å². The number of likely N-dealkylation sites (N-methyl/N-ethyl adjacent to an activating group) is 1. The van der Waals surface area contributed by atoms with Crippen molar-refractivity contribution in [3.05, 3.63) is 24.3 Å². The molecule has 9 heteroatoms. The van der Waals surface area contributed by atoms with Crippen LogP contribution in [0.25, 0.3) is 0 Å². The van der Waals surface area contributed by atoms with E-state index in [-0.39, 0.29) is 32.2 Å². The van der Waals surface area contributed by atoms with Gasteiger partial charge in [0.25, 0.3) is 0 Å². The lowest BCUT2D eigenvalue weighted by Gasteiger charge is -2.26. The molecule has 0 amide bonds. The van der Waals surface area contributed by atoms with E-state index < -0.39 is 24.3 Å². The van der Waals surface area contributed by atoms with Gasteiger partial charge < -0.3 is 33.3 Å². The van der Waals surface area contributed by atoms with Gasteiger partial charge in [-0.1, -0.05) is 372 Å². The van der Waals surface area contributed by atoms with E-state index in [1.165, 1.54) is 360 Å². The zero-order valence-corrected chi connectivity index (χ0v) is 61.8. The Balaban J connectivity index is 3.94. The Hall–Kier alpha value is -2.23. The number of hydrogen-bond acceptors (Lipinski definition) is 8. The van der Waals surface area contributed by atoms with Gasteiger partial charge in [-0.15, -0.1) is 0 Å². The van der Waals surface area contributed by atoms with Crippen LogP contribution in [-0.2, 0) is 33.3 Å². The maximum atomic E-state index is 13.0. The molecular weight excluding hydrogens is 1130 g/mol. The number of carboxylic acids is 1. The van der Waals surface area contributed by atoms with Gasteiger partial charge >= 0.3 is 11.9 Å². The van der Waals surface area contributed by atoms with E-state index in [0.717, 1.165) is 38.5 Å². The van der Waals surface area contributed by atoms with Crippen molar-refractivity contribution in [1.29, 1.82) is 0 Å². The van der Waals surface area contributed by atoms with Crippen LogP contribution in [-0.4, -0.2) is 82.3 Å². The molecule has 0 fully saturated rings. The van der Waals surface area contributed by atoms with Crippen LogP contribution in [0.2, 0.25) is 0 Å². The first-order chi connectivity index (χ1) is 44.6. The van der Waals surface area contributed by atoms with Gasteiger partial charge in [0.15, 0.2) is 12.4 Å². The third kappa shape index (κ3) is 75.0. The summed E-state index contributed by atoms with van der Waals surface area (Å²) in [6.07, 6.45) is 90.3. The van der Waals surface area contributed by atoms with Gasteiger partial charge in [-0.3, -0.25) is 9.59 Å². The molecular formula is C82H157NO8. The Morgan fingerprint density at radius 2 is 0.560 bits per heavy atom. The Morgan fingerprint density at radius 3 is 0.813 bits per heavy atom. The number of aliphatic carboxylic acids is 1. The van der Waals surface area contributed by atoms with Gasteiger partial charge in [-0.2, -0.15) is 0 Å². The lowest BCUT2D eigenvalue weighted by molar-refractivity contribution is -0.870. The van der Waals surface area contributed by atoms with Crippen molar-refractivity contribution in [3.63, 3.8) is 0 Å². The summed E-state index contributed by atoms with van der Waals surface area (Å²) in [5.41, 5.74) is 0. The van der Waals surface area contributed by atoms with Gasteiger partial charge in [-0.25, -0.2) is 0 Å². The number of hydrogen-bond donors (Lipinski definition) is 0. The fourth-order valence-corrected chi connectivity index (χ4v) is 12.5. The molecule has 0 rings (SSSR count). The summed E-state index contributed by atoms with van der Waals surface area (Å²) in [6.45, 7) is 4.83. The highest BCUT2D eigenvalue weighted by molar-refractivity contribution is 5.70. The molecule has 0 bridgehead atoms. The number of quaternary nitrogens is 1. The Morgan fingerprint density at radius 1 is 0.319 bits per heavy atom. The number of unbranched alkanes of at least 4 members (excludes halogenated alkanes) is 58. The summed E-state index contributed by atoms with van der Waals surface area (Å²) in [5.74, 6) is -2.25. The molecule has 91 heavy (non-hydrogen) atoms. The maximum Gasteiger partial charge on any atom is 0.306 e. The Kier molecular flexibility index (Phi) is 71.8. The summed E-state index contributed by atoms with van der Waals surface area (Å²) in [6, 6.07) is 0. The predicted molar refractivity (Wildman–Crippen MR) is 390 cm³/mol. The van der Waals surface area contributed by atoms with Crippen molar-refractivity contribution in [3.8, 4) is 0 Å². The van der Waals surface area contributed by atoms with E-state index in [1.807, 2.05) is 21.1 Å². The third-order valence-electron chi connectivity index (χ3n) is 18.7. The minimum absolute atomic E-state index is 0.152. The molecule has 0 aromatic rings. The van der Waals surface area contributed by atoms with Crippen LogP contribution >= 0.6 is 0 Å². The molecule has 0 aromatic heterocycles. The topological polar surface area (TPSA) is 111 Å². The fourth-order valence-electron chi connectivity index (χ4n) is 12.5. The number of nitrogens with zero attached hydrogens (tertiary/aromatic N) is 1. The first-order valence-corrected chi connectivity index (χ1v) is 40.5. The van der Waals surface area contributed by atoms with Gasteiger partial charge in [0.05, 0.1) is 40.3 Å². The second-order valence-electron chi connectivity index (χ2n) is 29.1. The van der Waals surface area contributed by atoms with Gasteiger partial charge in [0.2, 0.25) is 0 Å². The van der Waals surface area contributed by atoms with Crippen LogP contribution in [0.5, 0.6) is 0 Å². The summed E-state index contributed by atoms with van der Waals surface area (Å²) < 4.78 is 22.9. The molecule has 2 unspecified atom stereocenters. The van der Waals surface area contributed by atoms with E-state index in [1.54, 1.807) is 0 Å². The number of carboxylic acid groups (broad SMARTS) is 1. The molecule has 2 atom stereocenters. The number of rotatable bonds is 77. The first kappa shape index (κ1) is 88.8. The zero-order valence-electron chi connectivity index (χ0n) is 61.8. The molecule has 0 aliphatic carbocycles. The molecule has 0 aliphatic heterocycles. The molecule has 0 aliphatic rings. The molecule has 0 N–H and O–H groups in total. The largest absolute Gasteiger partial charge is 0.545 e. The smallest absolute Gasteiger partial charge is 0.306 e. The van der Waals surface area contributed by atoms with Crippen molar-refractivity contribution < 1.29 is 42.9 Å². The Bertz CT molecular complexity index is 1540. The summed E-state index contributed by atoms with van der Waals surface area (Å²) in [7, 11) is 5.95. The zero-order chi connectivity index (χ0) is 66.1. The molecule has 0 heterocycles. The van der Waals surface area contributed by atoms with Crippen LogP contribution < -0.4 is 5.11 Å². The molecule has 9 nitrogen and oxygen atoms in total. The average molecular weight is 1290 g/mol. The van der Waals surface area contributed by atoms with Gasteiger partial charge in [0, 0.05) is 12.8 Å². The second-order valence-corrected chi connectivity index (χ2v) is 29.1. The maximum absolute atomic E-state index is 13.0. The van der Waals surface area contributed by atoms with Crippen LogP contribution in [0.1, 0.15) is 425 Å². The lowest BCUT2D eigenvalue weighted by atomic mass is 10.0. The van der Waals surface area contributed by atoms with E-state index in [9.17, 15) is 19.5 Å². The molecule has 0 aromatic carbocycles. The third-order valence-corrected chi connectivity index (χ3v) is 18.7. The van der Waals surface area contributed by atoms with Crippen molar-refractivity contribution in [2.45, 2.75) is 437 Å². The number of esters is 2. The van der Waals surface area contributed by atoms with Gasteiger partial charge in [0.1, 0.15) is 13.2 Å². The monoisotopic (exact) mass is 1280 g/mol. The molecule has 0 radical (unpaired) electrons. The quantitative estimate of drug-likeness (QED) is 0.0195. The fraction of sp³-hybridized carbons (Fsp3) is 0.915. The average Bonchev–Trinajstić information content (AvgIpc) is 3.46. The summed E-state index contributed by atoms with van der Waals surface area (Å²) in [5, 5.41) is 11.9. The summed E-state index contributed by atoms with van der Waals surface area (Å²) >= 11 is 0. The first-order valence-electron chi connectivity index (χ1n) is 40.5. The Labute approximate surface area is 567 Å². The molecule has 0 saturated carbocycles. The van der Waals surface area contributed by atoms with E-state index in [0.29, 0.717) is 17.4 Å². The van der Waals surface area contributed by atoms with E-state index >= 15 is 0 Å². The van der Waals surface area contributed by atoms with Crippen LogP contribution in [0.15, 0.2) is 24.3 Å². The number of carbonyl (C=O) groups is 3. The van der Waals surface area contributed by atoms with E-state index in [2.05, 4.69) is 38.2 Å². The standard InChI is InChI=1S/C82H157NO8/c1-6-8-10-12-14-16-18-20-22-24-26-28-30-32-34-35-36-37-38-39-40-41-42-43-44-45-47-49-51-53-55-57-59-61-63-65-67-69-71-73-80(85)91-78(77-90-82(81(86)87)88-75-74-83(3,4)5)76-89-79(84)72-70-68-66-64-62-60-58-56-54-52-50-48-46-33-31-29-27-25-23-21-19-17-15-13-11-9-7-2/h24-27,78,82H,6-23,28-77H2,1-5H3/b26-24-,27-25-. The van der Waals surface area contributed by atoms with Crippen LogP contribution in [0, 0.1) is 0 Å². The highest BCUT2D eigenvalue weighted by atomic mass is 16.7. The summed E-state index contributed by atoms with van der Waals surface area (Å²) in [4.78, 5) is 37.6. The number of allylic oxidation sites excluding steroid dienone is 4. The minimum atomic E-state index is -1.62. The molecule has 0 spiro atoms. The lowest BCUT2D eigenvalue weighted by Crippen LogP contribution is -2.44. The van der Waals surface area contributed by atoms with Crippen LogP contribution in [0.3, 0.4) is 0 Å². The SMILES string of the molecule is CCCCCCCCCC/C=C\CCCCCCCCCCCCCCCCCCCCCCCCCCCCCC(=O)OC(COC(=O)CCCCCCCCCCCCCCCCC/C=C\CCCCCCCCCC)COC(OCC[N+](C)(C)C)C(=O)[O-]. The van der Waals surface area contributed by atoms with E-state index in [4.69, 9.17) is 18.9 Å². The molecule has 0 saturated heterocycles. The highest BCUT2D eigenvalue weighted by Crippen LogP contribution is 2.20. The second kappa shape index (κ2) is 73.6. The van der Waals surface area contributed by atoms with Gasteiger partial charge in [-0.05, 0) is 64.2 Å². The normalized spacial score (nSPS) is 12.7. The molecule has 538 valence electrons. The highest BCUT2D eigenvalue weighted by Gasteiger charge is 2.22. The predicted octanol–water partition coefficient (Wildman–Crippen LogP) is 24.4. The van der Waals surface area contributed by atoms with Crippen molar-refractivity contribution >= 4 is 17.9 Å². The number of carbonyl (C=O) groups excluding carboxylic acids is 3. The van der Waals surface area contributed by atoms with Crippen LogP contribution in [0.4, 0.5) is 0 Å². The van der Waals surface area contributed by atoms with Crippen molar-refractivity contribution in [2.75, 3.05) is 47.5 Å². The minimum Gasteiger partial charge on any atom is -0.545 e. The number of ether oxygens (including phenoxy) is 4. The van der Waals surface area contributed by atoms with Crippen molar-refractivity contribution in [2.24, 2.45) is 0 Å².